The summed E-state index contributed by atoms with van der Waals surface area (Å²) in [7, 11) is 0. The van der Waals surface area contributed by atoms with Crippen molar-refractivity contribution in [2.24, 2.45) is 0 Å². The minimum Gasteiger partial charge on any atom is -0.350 e. The highest BCUT2D eigenvalue weighted by molar-refractivity contribution is 6.29. The predicted octanol–water partition coefficient (Wildman–Crippen LogP) is 3.00. The monoisotopic (exact) mass is 304 g/mol. The number of amides is 1. The Balaban J connectivity index is 1.60. The molecule has 0 spiro atoms. The molecule has 2 heterocycles. The van der Waals surface area contributed by atoms with Gasteiger partial charge in [0.05, 0.1) is 6.20 Å². The van der Waals surface area contributed by atoms with Crippen molar-refractivity contribution in [3.05, 3.63) is 40.8 Å². The van der Waals surface area contributed by atoms with E-state index >= 15 is 0 Å². The highest BCUT2D eigenvalue weighted by Gasteiger charge is 2.11. The molecule has 0 fully saturated rings. The molecule has 1 N–H and O–H groups in total. The maximum Gasteiger partial charge on any atom is 0.271 e. The van der Waals surface area contributed by atoms with Crippen LogP contribution in [0.1, 0.15) is 42.6 Å². The Kier molecular flexibility index (Phi) is 4.20. The minimum absolute atomic E-state index is 0.173. The summed E-state index contributed by atoms with van der Waals surface area (Å²) < 4.78 is 1.51. The lowest BCUT2D eigenvalue weighted by Gasteiger charge is -2.12. The fraction of sp³-hybridized carbons (Fsp3) is 0.400. The summed E-state index contributed by atoms with van der Waals surface area (Å²) in [6.07, 6.45) is 9.69. The van der Waals surface area contributed by atoms with E-state index in [4.69, 9.17) is 11.6 Å². The Bertz CT molecular complexity index is 692. The summed E-state index contributed by atoms with van der Waals surface area (Å²) in [5.41, 5.74) is 2.42. The van der Waals surface area contributed by atoms with Crippen LogP contribution in [0.15, 0.2) is 30.0 Å². The molecule has 0 saturated carbocycles. The zero-order chi connectivity index (χ0) is 14.7. The van der Waals surface area contributed by atoms with E-state index in [0.29, 0.717) is 23.0 Å². The molecule has 2 aromatic heterocycles. The number of aromatic nitrogens is 3. The van der Waals surface area contributed by atoms with E-state index in [2.05, 4.69) is 21.5 Å². The smallest absolute Gasteiger partial charge is 0.271 e. The van der Waals surface area contributed by atoms with E-state index in [1.54, 1.807) is 18.3 Å². The molecule has 0 aromatic carbocycles. The Morgan fingerprint density at radius 1 is 1.38 bits per heavy atom. The number of fused-ring (bicyclic) bond motifs is 1. The first-order valence-corrected chi connectivity index (χ1v) is 7.58. The van der Waals surface area contributed by atoms with Crippen LogP contribution in [0.4, 0.5) is 0 Å². The summed E-state index contributed by atoms with van der Waals surface area (Å²) in [6, 6.07) is 3.39. The first-order valence-electron chi connectivity index (χ1n) is 7.20. The first-order chi connectivity index (χ1) is 10.2. The van der Waals surface area contributed by atoms with Gasteiger partial charge in [-0.2, -0.15) is 5.10 Å². The van der Waals surface area contributed by atoms with E-state index in [1.807, 2.05) is 0 Å². The SMILES string of the molecule is O=C(NCCC1=CCCCC1)c1cn2nc(Cl)ccc2n1. The van der Waals surface area contributed by atoms with Crippen molar-refractivity contribution < 1.29 is 4.79 Å². The summed E-state index contributed by atoms with van der Waals surface area (Å²) in [5.74, 6) is -0.173. The Morgan fingerprint density at radius 2 is 2.29 bits per heavy atom. The molecule has 1 aliphatic carbocycles. The lowest BCUT2D eigenvalue weighted by Crippen LogP contribution is -2.25. The summed E-state index contributed by atoms with van der Waals surface area (Å²) in [4.78, 5) is 16.3. The summed E-state index contributed by atoms with van der Waals surface area (Å²) in [5, 5.41) is 7.34. The molecule has 3 rings (SSSR count). The van der Waals surface area contributed by atoms with Gasteiger partial charge < -0.3 is 5.32 Å². The number of allylic oxidation sites excluding steroid dienone is 1. The number of hydrogen-bond acceptors (Lipinski definition) is 3. The quantitative estimate of drug-likeness (QED) is 0.883. The van der Waals surface area contributed by atoms with Crippen LogP contribution >= 0.6 is 11.6 Å². The molecule has 0 atom stereocenters. The van der Waals surface area contributed by atoms with Gasteiger partial charge in [0.2, 0.25) is 0 Å². The lowest BCUT2D eigenvalue weighted by molar-refractivity contribution is 0.0949. The number of hydrogen-bond donors (Lipinski definition) is 1. The van der Waals surface area contributed by atoms with E-state index in [0.717, 1.165) is 12.8 Å². The average Bonchev–Trinajstić information content (AvgIpc) is 2.91. The largest absolute Gasteiger partial charge is 0.350 e. The number of halogens is 1. The van der Waals surface area contributed by atoms with Crippen LogP contribution in [0.3, 0.4) is 0 Å². The van der Waals surface area contributed by atoms with Crippen LogP contribution in [-0.4, -0.2) is 27.0 Å². The molecular formula is C15H17ClN4O. The van der Waals surface area contributed by atoms with Gasteiger partial charge in [0, 0.05) is 6.54 Å². The van der Waals surface area contributed by atoms with Crippen molar-refractivity contribution in [1.82, 2.24) is 19.9 Å². The van der Waals surface area contributed by atoms with Crippen molar-refractivity contribution >= 4 is 23.2 Å². The molecule has 2 aromatic rings. The summed E-state index contributed by atoms with van der Waals surface area (Å²) in [6.45, 7) is 0.646. The molecule has 0 bridgehead atoms. The standard InChI is InChI=1S/C15H17ClN4O/c16-13-6-7-14-18-12(10-20(14)19-13)15(21)17-9-8-11-4-2-1-3-5-11/h4,6-7,10H,1-3,5,8-9H2,(H,17,21). The lowest BCUT2D eigenvalue weighted by atomic mass is 9.97. The van der Waals surface area contributed by atoms with Gasteiger partial charge in [0.1, 0.15) is 10.8 Å². The fourth-order valence-electron chi connectivity index (χ4n) is 2.53. The van der Waals surface area contributed by atoms with Crippen molar-refractivity contribution in [2.75, 3.05) is 6.54 Å². The molecular weight excluding hydrogens is 288 g/mol. The molecule has 0 unspecified atom stereocenters. The zero-order valence-corrected chi connectivity index (χ0v) is 12.4. The molecule has 1 aliphatic rings. The molecule has 6 heteroatoms. The first kappa shape index (κ1) is 14.1. The molecule has 0 aliphatic heterocycles. The molecule has 110 valence electrons. The predicted molar refractivity (Wildman–Crippen MR) is 81.5 cm³/mol. The van der Waals surface area contributed by atoms with Crippen molar-refractivity contribution in [3.63, 3.8) is 0 Å². The highest BCUT2D eigenvalue weighted by atomic mass is 35.5. The van der Waals surface area contributed by atoms with Gasteiger partial charge in [-0.15, -0.1) is 0 Å². The van der Waals surface area contributed by atoms with Gasteiger partial charge in [0.25, 0.3) is 5.91 Å². The van der Waals surface area contributed by atoms with Crippen molar-refractivity contribution in [1.29, 1.82) is 0 Å². The number of carbonyl (C=O) groups excluding carboxylic acids is 1. The van der Waals surface area contributed by atoms with Crippen LogP contribution in [0, 0.1) is 0 Å². The van der Waals surface area contributed by atoms with Crippen molar-refractivity contribution in [2.45, 2.75) is 32.1 Å². The van der Waals surface area contributed by atoms with Crippen LogP contribution in [0.2, 0.25) is 5.15 Å². The maximum atomic E-state index is 12.1. The van der Waals surface area contributed by atoms with Gasteiger partial charge >= 0.3 is 0 Å². The molecule has 5 nitrogen and oxygen atoms in total. The maximum absolute atomic E-state index is 12.1. The van der Waals surface area contributed by atoms with E-state index in [9.17, 15) is 4.79 Å². The minimum atomic E-state index is -0.173. The topological polar surface area (TPSA) is 59.3 Å². The third-order valence-corrected chi connectivity index (χ3v) is 3.84. The number of nitrogens with zero attached hydrogens (tertiary/aromatic N) is 3. The number of carbonyl (C=O) groups is 1. The van der Waals surface area contributed by atoms with Gasteiger partial charge in [-0.05, 0) is 44.2 Å². The Hall–Kier alpha value is -1.88. The molecule has 0 saturated heterocycles. The summed E-state index contributed by atoms with van der Waals surface area (Å²) >= 11 is 5.81. The van der Waals surface area contributed by atoms with Crippen LogP contribution in [0.5, 0.6) is 0 Å². The highest BCUT2D eigenvalue weighted by Crippen LogP contribution is 2.19. The van der Waals surface area contributed by atoms with E-state index in [1.165, 1.54) is 29.4 Å². The van der Waals surface area contributed by atoms with Gasteiger partial charge in [-0.1, -0.05) is 23.3 Å². The normalized spacial score (nSPS) is 15.0. The second kappa shape index (κ2) is 6.26. The Morgan fingerprint density at radius 3 is 3.10 bits per heavy atom. The second-order valence-electron chi connectivity index (χ2n) is 5.20. The van der Waals surface area contributed by atoms with Crippen LogP contribution in [0.25, 0.3) is 5.65 Å². The van der Waals surface area contributed by atoms with Gasteiger partial charge in [0.15, 0.2) is 5.65 Å². The van der Waals surface area contributed by atoms with Gasteiger partial charge in [-0.3, -0.25) is 4.79 Å². The fourth-order valence-corrected chi connectivity index (χ4v) is 2.67. The molecule has 1 amide bonds. The third-order valence-electron chi connectivity index (χ3n) is 3.64. The second-order valence-corrected chi connectivity index (χ2v) is 5.59. The van der Waals surface area contributed by atoms with Crippen molar-refractivity contribution in [3.8, 4) is 0 Å². The third kappa shape index (κ3) is 3.42. The van der Waals surface area contributed by atoms with Crippen LogP contribution < -0.4 is 5.32 Å². The van der Waals surface area contributed by atoms with E-state index in [-0.39, 0.29) is 5.91 Å². The Labute approximate surface area is 128 Å². The van der Waals surface area contributed by atoms with Crippen LogP contribution in [-0.2, 0) is 0 Å². The van der Waals surface area contributed by atoms with E-state index < -0.39 is 0 Å². The molecule has 0 radical (unpaired) electrons. The number of imidazole rings is 1. The average molecular weight is 305 g/mol. The zero-order valence-electron chi connectivity index (χ0n) is 11.7. The molecule has 21 heavy (non-hydrogen) atoms. The number of nitrogens with one attached hydrogen (secondary N) is 1. The number of rotatable bonds is 4. The van der Waals surface area contributed by atoms with Gasteiger partial charge in [-0.25, -0.2) is 9.50 Å².